The normalized spacial score (nSPS) is 11.4. The highest BCUT2D eigenvalue weighted by atomic mass is 32.2. The first kappa shape index (κ1) is 17.3. The molecule has 0 N–H and O–H groups in total. The lowest BCUT2D eigenvalue weighted by Gasteiger charge is -2.24. The van der Waals surface area contributed by atoms with Crippen molar-refractivity contribution < 1.29 is 8.42 Å². The summed E-state index contributed by atoms with van der Waals surface area (Å²) in [5.41, 5.74) is 1.44. The third-order valence-electron chi connectivity index (χ3n) is 3.35. The number of benzene rings is 2. The Labute approximate surface area is 141 Å². The van der Waals surface area contributed by atoms with Crippen molar-refractivity contribution in [3.8, 4) is 12.1 Å². The molecule has 0 heterocycles. The maximum atomic E-state index is 13.0. The summed E-state index contributed by atoms with van der Waals surface area (Å²) in [6, 6.07) is 18.6. The van der Waals surface area contributed by atoms with Crippen LogP contribution in [0.25, 0.3) is 0 Å². The first-order chi connectivity index (χ1) is 11.5. The topological polar surface area (TPSA) is 85.0 Å². The zero-order valence-electron chi connectivity index (χ0n) is 13.0. The second-order valence-electron chi connectivity index (χ2n) is 5.07. The summed E-state index contributed by atoms with van der Waals surface area (Å²) < 4.78 is 27.1. The van der Waals surface area contributed by atoms with Crippen LogP contribution in [0.5, 0.6) is 0 Å². The van der Waals surface area contributed by atoms with Crippen LogP contribution in [0.15, 0.2) is 71.1 Å². The Morgan fingerprint density at radius 2 is 1.71 bits per heavy atom. The summed E-state index contributed by atoms with van der Waals surface area (Å²) in [6.45, 7) is 1.67. The molecule has 0 aliphatic rings. The number of anilines is 1. The van der Waals surface area contributed by atoms with Crippen LogP contribution in [0.1, 0.15) is 5.56 Å². The van der Waals surface area contributed by atoms with Crippen LogP contribution in [0, 0.1) is 29.6 Å². The van der Waals surface area contributed by atoms with Gasteiger partial charge in [0.15, 0.2) is 0 Å². The number of rotatable bonds is 5. The molecule has 120 valence electrons. The predicted octanol–water partition coefficient (Wildman–Crippen LogP) is 3.16. The number of nitriles is 2. The highest BCUT2D eigenvalue weighted by Gasteiger charge is 2.25. The van der Waals surface area contributed by atoms with Gasteiger partial charge in [0.2, 0.25) is 0 Å². The van der Waals surface area contributed by atoms with Crippen LogP contribution < -0.4 is 4.31 Å². The van der Waals surface area contributed by atoms with E-state index in [9.17, 15) is 8.42 Å². The Morgan fingerprint density at radius 1 is 1.08 bits per heavy atom. The van der Waals surface area contributed by atoms with Crippen LogP contribution in [0.2, 0.25) is 0 Å². The van der Waals surface area contributed by atoms with E-state index in [2.05, 4.69) is 0 Å². The maximum absolute atomic E-state index is 13.0. The zero-order valence-corrected chi connectivity index (χ0v) is 13.9. The number of hydrogen-bond acceptors (Lipinski definition) is 4. The Morgan fingerprint density at radius 3 is 2.25 bits per heavy atom. The van der Waals surface area contributed by atoms with Crippen molar-refractivity contribution in [2.24, 2.45) is 0 Å². The van der Waals surface area contributed by atoms with E-state index in [0.29, 0.717) is 5.69 Å². The van der Waals surface area contributed by atoms with Gasteiger partial charge in [-0.15, -0.1) is 0 Å². The van der Waals surface area contributed by atoms with Crippen LogP contribution in [-0.2, 0) is 10.0 Å². The van der Waals surface area contributed by atoms with Crippen molar-refractivity contribution in [3.05, 3.63) is 71.8 Å². The molecule has 24 heavy (non-hydrogen) atoms. The number of allylic oxidation sites excluding steroid dienone is 1. The number of sulfonamides is 1. The average molecular weight is 337 g/mol. The summed E-state index contributed by atoms with van der Waals surface area (Å²) in [5.74, 6) is 0. The van der Waals surface area contributed by atoms with E-state index in [0.717, 1.165) is 15.9 Å². The zero-order chi connectivity index (χ0) is 17.6. The first-order valence-corrected chi connectivity index (χ1v) is 8.56. The molecular formula is C18H15N3O2S. The fraction of sp³-hybridized carbons (Fsp3) is 0.111. The SMILES string of the molecule is Cc1ccc(S(=O)(=O)N(C/C(C#N)=C\C#N)c2ccccc2)cc1. The van der Waals surface area contributed by atoms with Gasteiger partial charge in [-0.3, -0.25) is 4.31 Å². The molecule has 6 heteroatoms. The van der Waals surface area contributed by atoms with Crippen molar-refractivity contribution >= 4 is 15.7 Å². The predicted molar refractivity (Wildman–Crippen MR) is 91.5 cm³/mol. The molecule has 2 aromatic rings. The number of hydrogen-bond donors (Lipinski definition) is 0. The molecule has 0 amide bonds. The molecule has 0 radical (unpaired) electrons. The monoisotopic (exact) mass is 337 g/mol. The summed E-state index contributed by atoms with van der Waals surface area (Å²) in [5, 5.41) is 17.9. The van der Waals surface area contributed by atoms with Crippen molar-refractivity contribution in [2.75, 3.05) is 10.8 Å². The highest BCUT2D eigenvalue weighted by molar-refractivity contribution is 7.92. The second-order valence-corrected chi connectivity index (χ2v) is 6.93. The van der Waals surface area contributed by atoms with Gasteiger partial charge in [0, 0.05) is 6.08 Å². The van der Waals surface area contributed by atoms with Gasteiger partial charge in [-0.1, -0.05) is 35.9 Å². The van der Waals surface area contributed by atoms with E-state index in [1.165, 1.54) is 12.1 Å². The Kier molecular flexibility index (Phi) is 5.36. The Bertz CT molecular complexity index is 919. The van der Waals surface area contributed by atoms with E-state index in [-0.39, 0.29) is 17.0 Å². The van der Waals surface area contributed by atoms with Gasteiger partial charge in [-0.05, 0) is 31.2 Å². The lowest BCUT2D eigenvalue weighted by molar-refractivity contribution is 0.592. The third kappa shape index (κ3) is 3.81. The van der Waals surface area contributed by atoms with Crippen LogP contribution in [0.4, 0.5) is 5.69 Å². The number of para-hydroxylation sites is 1. The van der Waals surface area contributed by atoms with Crippen molar-refractivity contribution in [2.45, 2.75) is 11.8 Å². The van der Waals surface area contributed by atoms with Crippen LogP contribution in [0.3, 0.4) is 0 Å². The van der Waals surface area contributed by atoms with E-state index in [4.69, 9.17) is 10.5 Å². The standard InChI is InChI=1S/C18H15N3O2S/c1-15-7-9-18(10-8-15)24(22,23)21(14-16(13-20)11-12-19)17-5-3-2-4-6-17/h2-11H,14H2,1H3/b16-11-. The molecule has 2 aromatic carbocycles. The van der Waals surface area contributed by atoms with E-state index in [1.807, 2.05) is 13.0 Å². The van der Waals surface area contributed by atoms with Gasteiger partial charge in [0.1, 0.15) is 0 Å². The fourth-order valence-corrected chi connectivity index (χ4v) is 3.54. The molecule has 0 bridgehead atoms. The van der Waals surface area contributed by atoms with Crippen molar-refractivity contribution in [1.82, 2.24) is 0 Å². The summed E-state index contributed by atoms with van der Waals surface area (Å²) in [4.78, 5) is 0.131. The van der Waals surface area contributed by atoms with E-state index in [1.54, 1.807) is 48.5 Å². The molecule has 0 saturated heterocycles. The minimum Gasteiger partial charge on any atom is -0.261 e. The summed E-state index contributed by atoms with van der Waals surface area (Å²) >= 11 is 0. The van der Waals surface area contributed by atoms with Gasteiger partial charge in [0.25, 0.3) is 10.0 Å². The summed E-state index contributed by atoms with van der Waals surface area (Å²) in [6.07, 6.45) is 1.06. The molecule has 0 fully saturated rings. The molecule has 0 aliphatic carbocycles. The smallest absolute Gasteiger partial charge is 0.261 e. The molecule has 0 aliphatic heterocycles. The van der Waals surface area contributed by atoms with E-state index < -0.39 is 10.0 Å². The van der Waals surface area contributed by atoms with E-state index >= 15 is 0 Å². The van der Waals surface area contributed by atoms with Crippen LogP contribution >= 0.6 is 0 Å². The molecule has 0 spiro atoms. The number of nitrogens with zero attached hydrogens (tertiary/aromatic N) is 3. The fourth-order valence-electron chi connectivity index (χ4n) is 2.09. The maximum Gasteiger partial charge on any atom is 0.264 e. The largest absolute Gasteiger partial charge is 0.264 e. The lowest BCUT2D eigenvalue weighted by Crippen LogP contribution is -2.32. The molecule has 5 nitrogen and oxygen atoms in total. The molecule has 0 aromatic heterocycles. The summed E-state index contributed by atoms with van der Waals surface area (Å²) in [7, 11) is -3.86. The van der Waals surface area contributed by atoms with Gasteiger partial charge >= 0.3 is 0 Å². The molecule has 0 unspecified atom stereocenters. The Balaban J connectivity index is 2.54. The van der Waals surface area contributed by atoms with Crippen molar-refractivity contribution in [1.29, 1.82) is 10.5 Å². The van der Waals surface area contributed by atoms with Gasteiger partial charge in [-0.2, -0.15) is 10.5 Å². The molecule has 0 saturated carbocycles. The Hall–Kier alpha value is -3.09. The number of aryl methyl sites for hydroxylation is 1. The third-order valence-corrected chi connectivity index (χ3v) is 5.14. The lowest BCUT2D eigenvalue weighted by atomic mass is 10.2. The molecular weight excluding hydrogens is 322 g/mol. The first-order valence-electron chi connectivity index (χ1n) is 7.12. The minimum absolute atomic E-state index is 0.0667. The minimum atomic E-state index is -3.86. The van der Waals surface area contributed by atoms with Crippen LogP contribution in [-0.4, -0.2) is 15.0 Å². The van der Waals surface area contributed by atoms with Gasteiger partial charge in [-0.25, -0.2) is 8.42 Å². The molecule has 0 atom stereocenters. The van der Waals surface area contributed by atoms with Gasteiger partial charge in [0.05, 0.1) is 34.8 Å². The highest BCUT2D eigenvalue weighted by Crippen LogP contribution is 2.24. The van der Waals surface area contributed by atoms with Crippen molar-refractivity contribution in [3.63, 3.8) is 0 Å². The second kappa shape index (κ2) is 7.45. The quantitative estimate of drug-likeness (QED) is 0.784. The average Bonchev–Trinajstić information content (AvgIpc) is 2.59. The van der Waals surface area contributed by atoms with Gasteiger partial charge < -0.3 is 0 Å². The molecule has 2 rings (SSSR count).